The molecule has 4 nitrogen and oxygen atoms in total. The molecule has 2 rings (SSSR count). The molecule has 0 saturated heterocycles. The van der Waals surface area contributed by atoms with Crippen molar-refractivity contribution in [2.24, 2.45) is 0 Å². The summed E-state index contributed by atoms with van der Waals surface area (Å²) >= 11 is 1.14. The summed E-state index contributed by atoms with van der Waals surface area (Å²) in [4.78, 5) is 21.7. The lowest BCUT2D eigenvalue weighted by Crippen LogP contribution is -1.94. The number of thiazole rings is 1. The van der Waals surface area contributed by atoms with Gasteiger partial charge in [0.2, 0.25) is 0 Å². The Balaban J connectivity index is 2.74. The minimum absolute atomic E-state index is 0.0763. The molecule has 0 bridgehead atoms. The number of aryl methyl sites for hydroxylation is 1. The molecule has 2 aromatic heterocycles. The van der Waals surface area contributed by atoms with E-state index in [9.17, 15) is 4.79 Å². The number of aromatic amines is 1. The highest BCUT2D eigenvalue weighted by atomic mass is 32.1. The van der Waals surface area contributed by atoms with E-state index in [0.717, 1.165) is 28.3 Å². The molecular formula is C7H7N3OS. The van der Waals surface area contributed by atoms with Gasteiger partial charge in [0.15, 0.2) is 5.65 Å². The largest absolute Gasteiger partial charge is 0.306 e. The van der Waals surface area contributed by atoms with Crippen molar-refractivity contribution in [1.82, 2.24) is 15.0 Å². The minimum Gasteiger partial charge on any atom is -0.297 e. The monoisotopic (exact) mass is 181 g/mol. The first-order valence-corrected chi connectivity index (χ1v) is 4.46. The topological polar surface area (TPSA) is 58.6 Å². The molecule has 0 radical (unpaired) electrons. The van der Waals surface area contributed by atoms with Crippen LogP contribution in [-0.4, -0.2) is 15.0 Å². The number of rotatable bonds is 1. The van der Waals surface area contributed by atoms with E-state index in [-0.39, 0.29) is 4.87 Å². The van der Waals surface area contributed by atoms with E-state index in [1.54, 1.807) is 6.20 Å². The maximum Gasteiger partial charge on any atom is 0.306 e. The smallest absolute Gasteiger partial charge is 0.297 e. The molecule has 0 aliphatic rings. The Morgan fingerprint density at radius 2 is 2.50 bits per heavy atom. The van der Waals surface area contributed by atoms with Gasteiger partial charge in [-0.25, -0.2) is 9.97 Å². The van der Waals surface area contributed by atoms with Gasteiger partial charge in [-0.15, -0.1) is 0 Å². The Labute approximate surface area is 72.3 Å². The molecule has 0 unspecified atom stereocenters. The lowest BCUT2D eigenvalue weighted by Gasteiger charge is -1.91. The summed E-state index contributed by atoms with van der Waals surface area (Å²) in [5.74, 6) is 0.761. The van der Waals surface area contributed by atoms with Crippen LogP contribution in [0.5, 0.6) is 0 Å². The molecule has 0 aliphatic heterocycles. The van der Waals surface area contributed by atoms with Crippen molar-refractivity contribution in [3.8, 4) is 0 Å². The fourth-order valence-electron chi connectivity index (χ4n) is 0.964. The molecule has 12 heavy (non-hydrogen) atoms. The number of aromatic nitrogens is 3. The zero-order valence-electron chi connectivity index (χ0n) is 6.50. The molecule has 0 aromatic carbocycles. The third kappa shape index (κ3) is 1.12. The van der Waals surface area contributed by atoms with E-state index in [1.807, 2.05) is 6.92 Å². The Hall–Kier alpha value is -1.23. The molecule has 62 valence electrons. The molecule has 1 N–H and O–H groups in total. The summed E-state index contributed by atoms with van der Waals surface area (Å²) in [6.07, 6.45) is 2.47. The Bertz CT molecular complexity index is 459. The molecule has 2 heterocycles. The fraction of sp³-hybridized carbons (Fsp3) is 0.286. The molecule has 0 aliphatic carbocycles. The van der Waals surface area contributed by atoms with Crippen LogP contribution < -0.4 is 4.87 Å². The molecular weight excluding hydrogens is 174 g/mol. The molecule has 2 aromatic rings. The number of H-pyrrole nitrogens is 1. The third-order valence-corrected chi connectivity index (χ3v) is 2.35. The average molecular weight is 181 g/mol. The first-order chi connectivity index (χ1) is 5.79. The van der Waals surface area contributed by atoms with Gasteiger partial charge in [0.05, 0.1) is 10.9 Å². The Morgan fingerprint density at radius 1 is 1.67 bits per heavy atom. The van der Waals surface area contributed by atoms with Gasteiger partial charge in [0.25, 0.3) is 0 Å². The highest BCUT2D eigenvalue weighted by Gasteiger charge is 2.01. The van der Waals surface area contributed by atoms with Crippen LogP contribution in [0.15, 0.2) is 11.0 Å². The van der Waals surface area contributed by atoms with E-state index < -0.39 is 0 Å². The molecule has 0 spiro atoms. The van der Waals surface area contributed by atoms with Crippen LogP contribution in [0.4, 0.5) is 0 Å². The summed E-state index contributed by atoms with van der Waals surface area (Å²) in [6, 6.07) is 0. The predicted octanol–water partition coefficient (Wildman–Crippen LogP) is 0.942. The third-order valence-electron chi connectivity index (χ3n) is 1.54. The van der Waals surface area contributed by atoms with Gasteiger partial charge in [-0.3, -0.25) is 9.78 Å². The number of hydrogen-bond acceptors (Lipinski definition) is 4. The minimum atomic E-state index is -0.0763. The Morgan fingerprint density at radius 3 is 3.25 bits per heavy atom. The van der Waals surface area contributed by atoms with Crippen LogP contribution in [0, 0.1) is 0 Å². The lowest BCUT2D eigenvalue weighted by molar-refractivity contribution is 0.955. The second kappa shape index (κ2) is 2.67. The summed E-state index contributed by atoms with van der Waals surface area (Å²) in [6.45, 7) is 1.98. The van der Waals surface area contributed by atoms with Gasteiger partial charge in [-0.2, -0.15) is 0 Å². The lowest BCUT2D eigenvalue weighted by atomic mass is 10.4. The van der Waals surface area contributed by atoms with Crippen molar-refractivity contribution in [3.63, 3.8) is 0 Å². The SMILES string of the molecule is CCc1ncc2sc(=O)[nH]c2n1. The molecule has 5 heteroatoms. The summed E-state index contributed by atoms with van der Waals surface area (Å²) < 4.78 is 0.817. The Kier molecular flexibility index (Phi) is 1.65. The van der Waals surface area contributed by atoms with E-state index in [2.05, 4.69) is 15.0 Å². The molecule has 0 amide bonds. The van der Waals surface area contributed by atoms with Gasteiger partial charge in [-0.1, -0.05) is 18.3 Å². The van der Waals surface area contributed by atoms with Crippen molar-refractivity contribution in [2.75, 3.05) is 0 Å². The normalized spacial score (nSPS) is 10.8. The molecule has 0 fully saturated rings. The van der Waals surface area contributed by atoms with Gasteiger partial charge >= 0.3 is 4.87 Å². The number of hydrogen-bond donors (Lipinski definition) is 1. The average Bonchev–Trinajstić information content (AvgIpc) is 2.43. The van der Waals surface area contributed by atoms with Crippen LogP contribution >= 0.6 is 11.3 Å². The van der Waals surface area contributed by atoms with E-state index in [4.69, 9.17) is 0 Å². The zero-order valence-corrected chi connectivity index (χ0v) is 7.31. The van der Waals surface area contributed by atoms with Crippen LogP contribution in [0.3, 0.4) is 0 Å². The zero-order chi connectivity index (χ0) is 8.55. The standard InChI is InChI=1S/C7H7N3OS/c1-2-5-8-3-4-6(9-5)10-7(11)12-4/h3H,2H2,1H3,(H,8,9,10,11). The first kappa shape index (κ1) is 7.42. The van der Waals surface area contributed by atoms with E-state index in [1.165, 1.54) is 0 Å². The fourth-order valence-corrected chi connectivity index (χ4v) is 1.61. The van der Waals surface area contributed by atoms with Crippen LogP contribution in [-0.2, 0) is 6.42 Å². The summed E-state index contributed by atoms with van der Waals surface area (Å²) in [5.41, 5.74) is 0.650. The first-order valence-electron chi connectivity index (χ1n) is 3.64. The maximum atomic E-state index is 10.9. The van der Waals surface area contributed by atoms with Crippen LogP contribution in [0.1, 0.15) is 12.7 Å². The van der Waals surface area contributed by atoms with Crippen molar-refractivity contribution < 1.29 is 0 Å². The number of nitrogens with one attached hydrogen (secondary N) is 1. The quantitative estimate of drug-likeness (QED) is 0.712. The summed E-state index contributed by atoms with van der Waals surface area (Å²) in [7, 11) is 0. The predicted molar refractivity (Wildman–Crippen MR) is 47.4 cm³/mol. The second-order valence-corrected chi connectivity index (χ2v) is 3.38. The van der Waals surface area contributed by atoms with Crippen molar-refractivity contribution in [2.45, 2.75) is 13.3 Å². The van der Waals surface area contributed by atoms with Crippen LogP contribution in [0.25, 0.3) is 10.3 Å². The van der Waals surface area contributed by atoms with E-state index in [0.29, 0.717) is 5.65 Å². The highest BCUT2D eigenvalue weighted by molar-refractivity contribution is 7.16. The number of nitrogens with zero attached hydrogens (tertiary/aromatic N) is 2. The van der Waals surface area contributed by atoms with Crippen molar-refractivity contribution >= 4 is 21.7 Å². The number of fused-ring (bicyclic) bond motifs is 1. The molecule has 0 saturated carbocycles. The van der Waals surface area contributed by atoms with Crippen LogP contribution in [0.2, 0.25) is 0 Å². The van der Waals surface area contributed by atoms with Gasteiger partial charge in [0.1, 0.15) is 5.82 Å². The summed E-state index contributed by atoms with van der Waals surface area (Å²) in [5, 5.41) is 0. The maximum absolute atomic E-state index is 10.9. The van der Waals surface area contributed by atoms with Crippen molar-refractivity contribution in [3.05, 3.63) is 21.7 Å². The van der Waals surface area contributed by atoms with Crippen molar-refractivity contribution in [1.29, 1.82) is 0 Å². The van der Waals surface area contributed by atoms with Gasteiger partial charge in [-0.05, 0) is 0 Å². The highest BCUT2D eigenvalue weighted by Crippen LogP contribution is 2.09. The van der Waals surface area contributed by atoms with Gasteiger partial charge in [0, 0.05) is 6.42 Å². The molecule has 0 atom stereocenters. The van der Waals surface area contributed by atoms with Gasteiger partial charge < -0.3 is 0 Å². The second-order valence-electron chi connectivity index (χ2n) is 2.37. The van der Waals surface area contributed by atoms with E-state index >= 15 is 0 Å².